The highest BCUT2D eigenvalue weighted by atomic mass is 35.5. The van der Waals surface area contributed by atoms with Crippen molar-refractivity contribution in [3.8, 4) is 0 Å². The van der Waals surface area contributed by atoms with Gasteiger partial charge in [0.2, 0.25) is 0 Å². The minimum atomic E-state index is -0.888. The molecule has 0 bridgehead atoms. The van der Waals surface area contributed by atoms with Crippen molar-refractivity contribution in [3.05, 3.63) is 48.5 Å². The highest BCUT2D eigenvalue weighted by molar-refractivity contribution is 6.20. The lowest BCUT2D eigenvalue weighted by Gasteiger charge is -2.07. The first kappa shape index (κ1) is 15.7. The van der Waals surface area contributed by atoms with Crippen LogP contribution in [0.3, 0.4) is 0 Å². The summed E-state index contributed by atoms with van der Waals surface area (Å²) < 4.78 is 5.03. The molecule has 0 radical (unpaired) electrons. The lowest BCUT2D eigenvalue weighted by Crippen LogP contribution is -2.03. The Morgan fingerprint density at radius 1 is 1.63 bits per heavy atom. The lowest BCUT2D eigenvalue weighted by molar-refractivity contribution is -0.114. The number of ketones is 1. The Morgan fingerprint density at radius 2 is 2.37 bits per heavy atom. The first-order chi connectivity index (χ1) is 8.99. The maximum atomic E-state index is 11.6. The molecule has 1 unspecified atom stereocenters. The number of carbonyl (C=O) groups is 1. The topological polar surface area (TPSA) is 50.4 Å². The van der Waals surface area contributed by atoms with E-state index in [1.807, 2.05) is 6.92 Å². The molecule has 0 aliphatic carbocycles. The van der Waals surface area contributed by atoms with Gasteiger partial charge < -0.3 is 9.52 Å². The summed E-state index contributed by atoms with van der Waals surface area (Å²) in [7, 11) is 0. The number of hydrogen-bond donors (Lipinski definition) is 1. The minimum Gasteiger partial charge on any atom is -0.466 e. The molecule has 2 atom stereocenters. The van der Waals surface area contributed by atoms with E-state index in [0.29, 0.717) is 25.0 Å². The average molecular weight is 283 g/mol. The first-order valence-electron chi connectivity index (χ1n) is 6.20. The summed E-state index contributed by atoms with van der Waals surface area (Å²) in [4.78, 5) is 11.6. The van der Waals surface area contributed by atoms with Gasteiger partial charge in [0.1, 0.15) is 11.9 Å². The normalized spacial score (nSPS) is 14.5. The van der Waals surface area contributed by atoms with Crippen molar-refractivity contribution < 1.29 is 14.3 Å². The molecule has 1 rings (SSSR count). The third kappa shape index (κ3) is 6.41. The maximum Gasteiger partial charge on any atom is 0.155 e. The van der Waals surface area contributed by atoms with E-state index in [1.54, 1.807) is 12.1 Å². The molecule has 0 saturated carbocycles. The molecule has 0 fully saturated rings. The summed E-state index contributed by atoms with van der Waals surface area (Å²) >= 11 is 6.06. The third-order valence-corrected chi connectivity index (χ3v) is 2.95. The summed E-state index contributed by atoms with van der Waals surface area (Å²) in [6, 6.07) is 3.34. The zero-order chi connectivity index (χ0) is 14.3. The Morgan fingerprint density at radius 3 is 2.95 bits per heavy atom. The van der Waals surface area contributed by atoms with Crippen LogP contribution in [-0.2, 0) is 4.79 Å². The molecule has 4 heteroatoms. The van der Waals surface area contributed by atoms with E-state index >= 15 is 0 Å². The van der Waals surface area contributed by atoms with Gasteiger partial charge in [-0.05, 0) is 44.1 Å². The molecule has 1 aromatic rings. The highest BCUT2D eigenvalue weighted by Crippen LogP contribution is 2.16. The predicted octanol–water partition coefficient (Wildman–Crippen LogP) is 3.79. The van der Waals surface area contributed by atoms with Gasteiger partial charge in [-0.15, -0.1) is 18.2 Å². The lowest BCUT2D eigenvalue weighted by atomic mass is 10.1. The van der Waals surface area contributed by atoms with Crippen LogP contribution in [-0.4, -0.2) is 16.3 Å². The highest BCUT2D eigenvalue weighted by Gasteiger charge is 2.09. The van der Waals surface area contributed by atoms with Crippen molar-refractivity contribution >= 4 is 17.4 Å². The number of carbonyl (C=O) groups excluding carboxylic acids is 1. The van der Waals surface area contributed by atoms with E-state index in [0.717, 1.165) is 5.57 Å². The van der Waals surface area contributed by atoms with Crippen molar-refractivity contribution in [2.45, 2.75) is 37.7 Å². The van der Waals surface area contributed by atoms with Crippen LogP contribution in [0.2, 0.25) is 0 Å². The molecule has 1 aromatic heterocycles. The van der Waals surface area contributed by atoms with Gasteiger partial charge in [-0.2, -0.15) is 0 Å². The zero-order valence-corrected chi connectivity index (χ0v) is 11.8. The molecule has 0 spiro atoms. The summed E-state index contributed by atoms with van der Waals surface area (Å²) in [5.41, 5.74) is 1.01. The van der Waals surface area contributed by atoms with Crippen LogP contribution in [0.25, 0.3) is 0 Å². The van der Waals surface area contributed by atoms with E-state index in [2.05, 4.69) is 6.58 Å². The molecule has 1 N–H and O–H groups in total. The van der Waals surface area contributed by atoms with Gasteiger partial charge in [-0.3, -0.25) is 4.79 Å². The van der Waals surface area contributed by atoms with E-state index < -0.39 is 6.10 Å². The smallest absolute Gasteiger partial charge is 0.155 e. The zero-order valence-electron chi connectivity index (χ0n) is 11.0. The number of alkyl halides is 1. The molecule has 0 saturated heterocycles. The molecule has 0 aliphatic heterocycles. The minimum absolute atomic E-state index is 0.0574. The van der Waals surface area contributed by atoms with Gasteiger partial charge in [0.15, 0.2) is 5.78 Å². The number of halogens is 1. The van der Waals surface area contributed by atoms with Crippen molar-refractivity contribution in [1.29, 1.82) is 0 Å². The third-order valence-electron chi connectivity index (χ3n) is 2.57. The molecule has 104 valence electrons. The number of rotatable bonds is 8. The quantitative estimate of drug-likeness (QED) is 0.448. The van der Waals surface area contributed by atoms with Gasteiger partial charge in [0.25, 0.3) is 0 Å². The molecule has 19 heavy (non-hydrogen) atoms. The number of furan rings is 1. The van der Waals surface area contributed by atoms with Crippen molar-refractivity contribution in [2.24, 2.45) is 0 Å². The Bertz CT molecular complexity index is 434. The van der Waals surface area contributed by atoms with Gasteiger partial charge in [-0.25, -0.2) is 0 Å². The van der Waals surface area contributed by atoms with Crippen molar-refractivity contribution in [2.75, 3.05) is 0 Å². The maximum absolute atomic E-state index is 11.6. The van der Waals surface area contributed by atoms with E-state index in [1.165, 1.54) is 18.4 Å². The summed E-state index contributed by atoms with van der Waals surface area (Å²) in [5, 5.41) is 9.62. The fraction of sp³-hybridized carbons (Fsp3) is 0.400. The Balaban J connectivity index is 2.33. The predicted molar refractivity (Wildman–Crippen MR) is 76.1 cm³/mol. The summed E-state index contributed by atoms with van der Waals surface area (Å²) in [6.45, 7) is 5.70. The molecule has 3 nitrogen and oxygen atoms in total. The van der Waals surface area contributed by atoms with Crippen LogP contribution in [0.1, 0.15) is 38.1 Å². The average Bonchev–Trinajstić information content (AvgIpc) is 2.86. The SMILES string of the molecule is C=C(C)C[C@H](Cl)CCC(=O)/C=C/C(O)c1ccco1. The van der Waals surface area contributed by atoms with Crippen LogP contribution in [0.5, 0.6) is 0 Å². The van der Waals surface area contributed by atoms with Gasteiger partial charge in [-0.1, -0.05) is 5.57 Å². The molecule has 0 aromatic carbocycles. The Kier molecular flexibility index (Phi) is 6.60. The van der Waals surface area contributed by atoms with Crippen LogP contribution in [0, 0.1) is 0 Å². The van der Waals surface area contributed by atoms with Crippen LogP contribution >= 0.6 is 11.6 Å². The first-order valence-corrected chi connectivity index (χ1v) is 6.63. The number of allylic oxidation sites excluding steroid dienone is 2. The molecule has 1 heterocycles. The van der Waals surface area contributed by atoms with E-state index in [9.17, 15) is 9.90 Å². The van der Waals surface area contributed by atoms with Crippen LogP contribution in [0.4, 0.5) is 0 Å². The number of aliphatic hydroxyl groups is 1. The Labute approximate surface area is 118 Å². The second-order valence-corrected chi connectivity index (χ2v) is 5.20. The molecular formula is C15H19ClO3. The second kappa shape index (κ2) is 7.97. The van der Waals surface area contributed by atoms with E-state index in [4.69, 9.17) is 16.0 Å². The van der Waals surface area contributed by atoms with Crippen molar-refractivity contribution in [1.82, 2.24) is 0 Å². The number of aliphatic hydroxyl groups excluding tert-OH is 1. The van der Waals surface area contributed by atoms with Gasteiger partial charge in [0, 0.05) is 11.8 Å². The summed E-state index contributed by atoms with van der Waals surface area (Å²) in [6.07, 6.45) is 5.07. The fourth-order valence-electron chi connectivity index (χ4n) is 1.62. The second-order valence-electron chi connectivity index (χ2n) is 4.58. The standard InChI is InChI=1S/C15H19ClO3/c1-11(2)10-12(16)5-6-13(17)7-8-14(18)15-4-3-9-19-15/h3-4,7-9,12,14,18H,1,5-6,10H2,2H3/b8-7+/t12-,14?/m1/s1. The van der Waals surface area contributed by atoms with Crippen LogP contribution < -0.4 is 0 Å². The largest absolute Gasteiger partial charge is 0.466 e. The molecular weight excluding hydrogens is 264 g/mol. The fourth-order valence-corrected chi connectivity index (χ4v) is 1.99. The monoisotopic (exact) mass is 282 g/mol. The van der Waals surface area contributed by atoms with E-state index in [-0.39, 0.29) is 11.2 Å². The van der Waals surface area contributed by atoms with Crippen LogP contribution in [0.15, 0.2) is 47.1 Å². The summed E-state index contributed by atoms with van der Waals surface area (Å²) in [5.74, 6) is 0.361. The van der Waals surface area contributed by atoms with Crippen molar-refractivity contribution in [3.63, 3.8) is 0 Å². The Hall–Kier alpha value is -1.32. The van der Waals surface area contributed by atoms with Gasteiger partial charge in [0.05, 0.1) is 6.26 Å². The van der Waals surface area contributed by atoms with Gasteiger partial charge >= 0.3 is 0 Å². The molecule has 0 aliphatic rings. The number of hydrogen-bond acceptors (Lipinski definition) is 3. The molecule has 0 amide bonds.